The smallest absolute Gasteiger partial charge is 0.247 e. The van der Waals surface area contributed by atoms with Crippen LogP contribution in [0.5, 0.6) is 0 Å². The maximum atomic E-state index is 13.1. The number of carbonyl (C=O) groups is 1. The molecule has 11 nitrogen and oxygen atoms in total. The Hall–Kier alpha value is -2.25. The number of carbonyl (C=O) groups excluding carboxylic acids is 2. The van der Waals surface area contributed by atoms with Gasteiger partial charge in [0, 0.05) is 55.7 Å². The largest absolute Gasteiger partial charge is 0.393 e. The average molecular weight is 1560 g/mol. The number of aliphatic hydroxyl groups is 3. The molecule has 0 spiro atoms. The summed E-state index contributed by atoms with van der Waals surface area (Å²) in [6.07, 6.45) is 23.0. The zero-order valence-electron chi connectivity index (χ0n) is 57.6. The second-order valence-electron chi connectivity index (χ2n) is 31.1. The molecule has 8 saturated carbocycles. The minimum absolute atomic E-state index is 0. The number of isocyanates is 1. The molecule has 8 aliphatic carbocycles. The Morgan fingerprint density at radius 3 is 1.55 bits per heavy atom. The Morgan fingerprint density at radius 1 is 0.630 bits per heavy atom. The molecule has 0 amide bonds. The van der Waals surface area contributed by atoms with Crippen LogP contribution in [0, 0.1) is 142 Å². The van der Waals surface area contributed by atoms with E-state index in [1.54, 1.807) is 18.2 Å². The minimum atomic E-state index is -3.65. The molecule has 92 heavy (non-hydrogen) atoms. The van der Waals surface area contributed by atoms with Crippen molar-refractivity contribution in [1.82, 2.24) is 0 Å². The second kappa shape index (κ2) is 30.9. The van der Waals surface area contributed by atoms with E-state index >= 15 is 0 Å². The monoisotopic (exact) mass is 1560 g/mol. The fraction of sp³-hybridized carbons (Fsp3) is 0.707. The van der Waals surface area contributed by atoms with Gasteiger partial charge in [0.15, 0.2) is 9.84 Å². The molecule has 504 valence electrons. The first kappa shape index (κ1) is 74.0. The van der Waals surface area contributed by atoms with Crippen LogP contribution in [0.3, 0.4) is 0 Å². The number of sulfonamides is 1. The molecular formula is C75H109BN2O9S4U. The van der Waals surface area contributed by atoms with Gasteiger partial charge in [-0.05, 0) is 243 Å². The van der Waals surface area contributed by atoms with Crippen molar-refractivity contribution in [2.24, 2.45) is 121 Å². The third-order valence-corrected chi connectivity index (χ3v) is 32.6. The molecule has 0 saturated heterocycles. The van der Waals surface area contributed by atoms with Gasteiger partial charge >= 0.3 is 0 Å². The van der Waals surface area contributed by atoms with E-state index in [2.05, 4.69) is 75.7 Å². The summed E-state index contributed by atoms with van der Waals surface area (Å²) in [5, 5.41) is 39.4. The molecule has 8 aliphatic rings. The molecule has 4 aromatic rings. The van der Waals surface area contributed by atoms with Crippen LogP contribution in [0.4, 0.5) is 0 Å². The van der Waals surface area contributed by atoms with Crippen molar-refractivity contribution in [2.45, 2.75) is 217 Å². The summed E-state index contributed by atoms with van der Waals surface area (Å²) in [6.45, 7) is 22.5. The number of Topliss-reactive ketones (excluding diaryl/α,β-unsaturated/α-hetero) is 1. The predicted molar refractivity (Wildman–Crippen MR) is 372 cm³/mol. The third kappa shape index (κ3) is 15.0. The van der Waals surface area contributed by atoms with Crippen molar-refractivity contribution in [2.75, 3.05) is 12.3 Å². The van der Waals surface area contributed by atoms with Crippen LogP contribution >= 0.6 is 22.7 Å². The number of primary sulfonamides is 1. The number of ketones is 1. The number of hydrogen-bond donors (Lipinski definition) is 4. The number of nitrogens with zero attached hydrogens (tertiary/aromatic N) is 1. The van der Waals surface area contributed by atoms with E-state index in [0.29, 0.717) is 101 Å². The van der Waals surface area contributed by atoms with Crippen molar-refractivity contribution < 1.29 is 72.9 Å². The SMILES string of the molecule is CC[C@H]1[C@@H](O)[C@@H]2[C@H](CC[C@]3(C)[C@@H]([C@H](C)CCCC(=O)CS(=O)(=O)c4ccc(-c5ccccc5)s4)CC[C@@H]23)[C@@]2(C)CC[C@@H](O)C[C@@H]12.CC[C@H]1[C@@H](O)[C@@H]2[C@H](CC[C@]3(C)[C@@H]([C@H](C)CCN=C=O)CC[C@@H]23)[C@@]2(C)CC[C@@H](C)C[C@@H]12.NS(=O)(=O)c1ccc(-c2ccccc2)s1.[2H][B].[U]. The van der Waals surface area contributed by atoms with Gasteiger partial charge in [0.05, 0.1) is 24.9 Å². The van der Waals surface area contributed by atoms with Gasteiger partial charge in [-0.1, -0.05) is 149 Å². The van der Waals surface area contributed by atoms with Gasteiger partial charge in [-0.2, -0.15) is 0 Å². The number of nitrogens with two attached hydrogens (primary N) is 1. The Labute approximate surface area is 588 Å². The molecule has 0 unspecified atom stereocenters. The van der Waals surface area contributed by atoms with Gasteiger partial charge in [0.2, 0.25) is 16.1 Å². The van der Waals surface area contributed by atoms with E-state index in [9.17, 15) is 41.7 Å². The molecule has 0 bridgehead atoms. The Bertz CT molecular complexity index is 3370. The van der Waals surface area contributed by atoms with Crippen LogP contribution < -0.4 is 5.14 Å². The molecule has 5 N–H and O–H groups in total. The summed E-state index contributed by atoms with van der Waals surface area (Å²) in [5.74, 6) is 7.68. The molecule has 2 heterocycles. The van der Waals surface area contributed by atoms with Crippen molar-refractivity contribution in [3.8, 4) is 20.9 Å². The number of sulfone groups is 1. The fourth-order valence-corrected chi connectivity index (χ4v) is 26.7. The summed E-state index contributed by atoms with van der Waals surface area (Å²) < 4.78 is 54.0. The number of aliphatic hydroxyl groups excluding tert-OH is 3. The van der Waals surface area contributed by atoms with E-state index in [1.165, 1.54) is 99.4 Å². The second-order valence-corrected chi connectivity index (χ2v) is 37.3. The van der Waals surface area contributed by atoms with Crippen LogP contribution in [-0.4, -0.2) is 84.3 Å². The Kier molecular flexibility index (Phi) is 24.8. The fourth-order valence-electron chi connectivity index (χ4n) is 22.3. The Balaban J connectivity index is 0.000000198. The van der Waals surface area contributed by atoms with Crippen LogP contribution in [0.15, 0.2) is 98.3 Å². The van der Waals surface area contributed by atoms with Gasteiger partial charge in [0.1, 0.15) is 20.0 Å². The Morgan fingerprint density at radius 2 is 1.08 bits per heavy atom. The van der Waals surface area contributed by atoms with Crippen molar-refractivity contribution in [1.29, 1.82) is 1.34 Å². The summed E-state index contributed by atoms with van der Waals surface area (Å²) in [7, 11) is -3.47. The number of aliphatic imine (C=N–C) groups is 1. The van der Waals surface area contributed by atoms with Gasteiger partial charge < -0.3 is 15.3 Å². The van der Waals surface area contributed by atoms with E-state index in [-0.39, 0.29) is 80.4 Å². The molecule has 12 rings (SSSR count). The average Bonchev–Trinajstić information content (AvgIpc) is 1.70. The zero-order chi connectivity index (χ0) is 66.7. The summed E-state index contributed by atoms with van der Waals surface area (Å²) >= 11 is 2.42. The van der Waals surface area contributed by atoms with E-state index in [1.807, 2.05) is 66.7 Å². The number of fused-ring (bicyclic) bond motifs is 10. The zero-order valence-corrected chi connectivity index (χ0v) is 64.0. The topological polar surface area (TPSA) is 201 Å². The molecule has 8 fully saturated rings. The van der Waals surface area contributed by atoms with Crippen molar-refractivity contribution >= 4 is 62.8 Å². The summed E-state index contributed by atoms with van der Waals surface area (Å²) in [6, 6.07) is 26.1. The van der Waals surface area contributed by atoms with Gasteiger partial charge in [-0.3, -0.25) is 4.79 Å². The van der Waals surface area contributed by atoms with Crippen molar-refractivity contribution in [3.63, 3.8) is 0 Å². The van der Waals surface area contributed by atoms with Gasteiger partial charge in [-0.25, -0.2) is 31.8 Å². The molecular weight excluding hydrogens is 1450 g/mol. The third-order valence-electron chi connectivity index (χ3n) is 26.7. The maximum absolute atomic E-state index is 13.1. The summed E-state index contributed by atoms with van der Waals surface area (Å²) in [4.78, 5) is 29.0. The van der Waals surface area contributed by atoms with Crippen LogP contribution in [0.1, 0.15) is 191 Å². The quantitative estimate of drug-likeness (QED) is 0.0451. The predicted octanol–water partition coefficient (Wildman–Crippen LogP) is 15.9. The summed E-state index contributed by atoms with van der Waals surface area (Å²) in [5.41, 5.74) is 3.16. The number of thiophene rings is 2. The van der Waals surface area contributed by atoms with Gasteiger partial charge in [0.25, 0.3) is 0 Å². The standard InChI is InChI=1S/C38H54O5S2.C27H45NO2.C10H9NO2S2.BH.U/c1-5-28-32-22-26(39)18-20-38(32,4)31-19-21-37(3)29(14-15-30(37)35(31)36(28)41)24(2)10-9-13-27(40)23-45(42,43)34-17-16-33(44-34)25-11-7-6-8-12-25;1-6-19-23-15-17(2)9-12-27(23,5)22-10-13-26(4)20(18(3)11-14-28-16-29)7-8-21(26)24(22)25(19)30;11-15(12,13)10-7-6-9(14-10)8-4-2-1-3-5-8;;/h6-8,11-12,16-17,24,26,28-32,35-36,39,41H,5,9-10,13-15,18-23H2,1-4H3;17-25,30H,6-15H2,1-5H3;1-7H,(H2,11,12,13);1H;/t24-,26-,28-,29-,30+,31+,32+,35+,36-,37-,38-;17-,18-,19-,20-,21+,22+,23+,24+,25-,26-,27-;;;/m11.../s1/i;;;1D;. The number of rotatable bonds is 17. The van der Waals surface area contributed by atoms with Crippen molar-refractivity contribution in [3.05, 3.63) is 84.9 Å². The molecule has 2 aromatic heterocycles. The van der Waals surface area contributed by atoms with Gasteiger partial charge in [-0.15, -0.1) is 22.7 Å². The molecule has 17 heteroatoms. The molecule has 0 aliphatic heterocycles. The normalized spacial score (nSPS) is 37.6. The maximum Gasteiger partial charge on any atom is 0.247 e. The molecule has 2 aromatic carbocycles. The minimum Gasteiger partial charge on any atom is -0.393 e. The first-order valence-electron chi connectivity index (χ1n) is 35.5. The molecule has 22 atom stereocenters. The first-order valence-corrected chi connectivity index (χ1v) is 39.7. The first-order chi connectivity index (χ1) is 43.7. The van der Waals surface area contributed by atoms with Crippen LogP contribution in [0.25, 0.3) is 20.9 Å². The van der Waals surface area contributed by atoms with Crippen LogP contribution in [0.2, 0.25) is 0 Å². The van der Waals surface area contributed by atoms with E-state index in [0.717, 1.165) is 78.2 Å². The van der Waals surface area contributed by atoms with E-state index in [4.69, 9.17) is 6.47 Å². The number of hydrogen-bond acceptors (Lipinski definition) is 12. The van der Waals surface area contributed by atoms with E-state index < -0.39 is 25.6 Å². The number of benzene rings is 2. The van der Waals surface area contributed by atoms with Crippen LogP contribution in [-0.2, 0) is 29.4 Å². The molecule has 2 radical (unpaired) electrons.